The quantitative estimate of drug-likeness (QED) is 0.506. The summed E-state index contributed by atoms with van der Waals surface area (Å²) in [6.45, 7) is 4.15. The number of aromatic amines is 1. The third-order valence-corrected chi connectivity index (χ3v) is 4.77. The monoisotopic (exact) mass is 372 g/mol. The highest BCUT2D eigenvalue weighted by molar-refractivity contribution is 5.69. The number of nitrogens with one attached hydrogen (secondary N) is 1. The summed E-state index contributed by atoms with van der Waals surface area (Å²) in [4.78, 5) is 12.8. The molecular weight excluding hydrogens is 348 g/mol. The van der Waals surface area contributed by atoms with E-state index in [1.54, 1.807) is 13.4 Å². The molecule has 2 aromatic carbocycles. The Morgan fingerprint density at radius 3 is 2.57 bits per heavy atom. The van der Waals surface area contributed by atoms with E-state index in [0.717, 1.165) is 58.3 Å². The topological polar surface area (TPSA) is 55.7 Å². The van der Waals surface area contributed by atoms with Crippen molar-refractivity contribution in [1.29, 1.82) is 0 Å². The summed E-state index contributed by atoms with van der Waals surface area (Å²) in [7, 11) is 1.69. The molecule has 0 aliphatic heterocycles. The molecule has 28 heavy (non-hydrogen) atoms. The second kappa shape index (κ2) is 7.72. The van der Waals surface area contributed by atoms with E-state index in [4.69, 9.17) is 9.72 Å². The second-order valence-corrected chi connectivity index (χ2v) is 6.84. The zero-order chi connectivity index (χ0) is 19.5. The van der Waals surface area contributed by atoms with Crippen LogP contribution in [-0.2, 0) is 6.42 Å². The summed E-state index contributed by atoms with van der Waals surface area (Å²) in [5.74, 6) is 1.64. The van der Waals surface area contributed by atoms with E-state index >= 15 is 0 Å². The zero-order valence-corrected chi connectivity index (χ0v) is 16.4. The van der Waals surface area contributed by atoms with Crippen LogP contribution in [0.4, 0.5) is 0 Å². The predicted molar refractivity (Wildman–Crippen MR) is 112 cm³/mol. The van der Waals surface area contributed by atoms with Crippen molar-refractivity contribution in [3.8, 4) is 34.1 Å². The molecule has 2 aromatic heterocycles. The standard InChI is InChI=1S/C23H24N4O/c1-4-8-19-22(17-9-6-5-7-10-17)26-23(25-19)18-11-12-20(21(13-18)28-3)27-14-16(2)24-15-27/h5-7,9-15H,4,8H2,1-3H3,(H,25,26). The molecule has 0 atom stereocenters. The number of H-pyrrole nitrogens is 1. The van der Waals surface area contributed by atoms with Crippen LogP contribution >= 0.6 is 0 Å². The molecule has 0 aliphatic rings. The Balaban J connectivity index is 1.77. The van der Waals surface area contributed by atoms with E-state index in [2.05, 4.69) is 35.1 Å². The zero-order valence-electron chi connectivity index (χ0n) is 16.4. The summed E-state index contributed by atoms with van der Waals surface area (Å²) in [5.41, 5.74) is 6.23. The molecule has 142 valence electrons. The van der Waals surface area contributed by atoms with Crippen molar-refractivity contribution in [3.05, 3.63) is 72.4 Å². The highest BCUT2D eigenvalue weighted by Gasteiger charge is 2.15. The highest BCUT2D eigenvalue weighted by atomic mass is 16.5. The summed E-state index contributed by atoms with van der Waals surface area (Å²) in [5, 5.41) is 0. The Labute approximate surface area is 165 Å². The molecular formula is C23H24N4O. The Morgan fingerprint density at radius 1 is 1.07 bits per heavy atom. The lowest BCUT2D eigenvalue weighted by Crippen LogP contribution is -1.96. The number of rotatable bonds is 6. The maximum Gasteiger partial charge on any atom is 0.143 e. The first-order valence-corrected chi connectivity index (χ1v) is 9.53. The van der Waals surface area contributed by atoms with Gasteiger partial charge in [-0.05, 0) is 31.5 Å². The average Bonchev–Trinajstić information content (AvgIpc) is 3.35. The van der Waals surface area contributed by atoms with Crippen LogP contribution in [0.2, 0.25) is 0 Å². The molecule has 5 nitrogen and oxygen atoms in total. The maximum atomic E-state index is 5.65. The Morgan fingerprint density at radius 2 is 1.89 bits per heavy atom. The first-order valence-electron chi connectivity index (χ1n) is 9.53. The number of imidazole rings is 2. The number of ether oxygens (including phenoxy) is 1. The van der Waals surface area contributed by atoms with Crippen molar-refractivity contribution in [2.45, 2.75) is 26.7 Å². The predicted octanol–water partition coefficient (Wildman–Crippen LogP) is 5.20. The lowest BCUT2D eigenvalue weighted by Gasteiger charge is -2.10. The van der Waals surface area contributed by atoms with Gasteiger partial charge in [0.15, 0.2) is 0 Å². The molecule has 0 saturated carbocycles. The van der Waals surface area contributed by atoms with E-state index in [0.29, 0.717) is 0 Å². The molecule has 4 aromatic rings. The molecule has 5 heteroatoms. The van der Waals surface area contributed by atoms with Crippen molar-refractivity contribution in [3.63, 3.8) is 0 Å². The summed E-state index contributed by atoms with van der Waals surface area (Å²) >= 11 is 0. The van der Waals surface area contributed by atoms with Gasteiger partial charge in [0.1, 0.15) is 11.6 Å². The summed E-state index contributed by atoms with van der Waals surface area (Å²) in [6, 6.07) is 16.4. The van der Waals surface area contributed by atoms with Crippen LogP contribution in [0.3, 0.4) is 0 Å². The molecule has 0 amide bonds. The molecule has 0 radical (unpaired) electrons. The van der Waals surface area contributed by atoms with E-state index in [9.17, 15) is 0 Å². The molecule has 1 N–H and O–H groups in total. The van der Waals surface area contributed by atoms with Gasteiger partial charge in [-0.2, -0.15) is 0 Å². The van der Waals surface area contributed by atoms with Crippen molar-refractivity contribution in [2.75, 3.05) is 7.11 Å². The number of nitrogens with zero attached hydrogens (tertiary/aromatic N) is 3. The second-order valence-electron chi connectivity index (χ2n) is 6.84. The Bertz CT molecular complexity index is 1080. The fourth-order valence-electron chi connectivity index (χ4n) is 3.40. The first-order chi connectivity index (χ1) is 13.7. The van der Waals surface area contributed by atoms with Crippen LogP contribution < -0.4 is 4.74 Å². The van der Waals surface area contributed by atoms with Crippen LogP contribution in [0, 0.1) is 6.92 Å². The van der Waals surface area contributed by atoms with Crippen LogP contribution in [0.25, 0.3) is 28.3 Å². The minimum Gasteiger partial charge on any atom is -0.495 e. The molecule has 0 unspecified atom stereocenters. The van der Waals surface area contributed by atoms with Crippen molar-refractivity contribution >= 4 is 0 Å². The Hall–Kier alpha value is -3.34. The van der Waals surface area contributed by atoms with Gasteiger partial charge in [0.25, 0.3) is 0 Å². The van der Waals surface area contributed by atoms with E-state index in [1.807, 2.05) is 48.0 Å². The lowest BCUT2D eigenvalue weighted by atomic mass is 10.1. The number of hydrogen-bond donors (Lipinski definition) is 1. The molecule has 0 saturated heterocycles. The average molecular weight is 372 g/mol. The van der Waals surface area contributed by atoms with Gasteiger partial charge in [-0.1, -0.05) is 43.7 Å². The molecule has 0 fully saturated rings. The molecule has 2 heterocycles. The van der Waals surface area contributed by atoms with Gasteiger partial charge >= 0.3 is 0 Å². The van der Waals surface area contributed by atoms with Gasteiger partial charge in [-0.3, -0.25) is 0 Å². The number of hydrogen-bond acceptors (Lipinski definition) is 3. The Kier molecular flexibility index (Phi) is 4.98. The van der Waals surface area contributed by atoms with E-state index in [1.165, 1.54) is 0 Å². The van der Waals surface area contributed by atoms with Crippen LogP contribution in [-0.4, -0.2) is 26.6 Å². The van der Waals surface area contributed by atoms with Crippen molar-refractivity contribution in [2.24, 2.45) is 0 Å². The number of aryl methyl sites for hydroxylation is 2. The molecule has 0 aliphatic carbocycles. The minimum atomic E-state index is 0.782. The van der Waals surface area contributed by atoms with Crippen LogP contribution in [0.15, 0.2) is 61.1 Å². The van der Waals surface area contributed by atoms with Gasteiger partial charge in [-0.25, -0.2) is 9.97 Å². The summed E-state index contributed by atoms with van der Waals surface area (Å²) < 4.78 is 7.62. The number of aromatic nitrogens is 4. The van der Waals surface area contributed by atoms with Gasteiger partial charge < -0.3 is 14.3 Å². The molecule has 0 spiro atoms. The third kappa shape index (κ3) is 3.43. The third-order valence-electron chi connectivity index (χ3n) is 4.77. The van der Waals surface area contributed by atoms with E-state index < -0.39 is 0 Å². The first kappa shape index (κ1) is 18.0. The molecule has 0 bridgehead atoms. The lowest BCUT2D eigenvalue weighted by molar-refractivity contribution is 0.413. The van der Waals surface area contributed by atoms with Crippen molar-refractivity contribution in [1.82, 2.24) is 19.5 Å². The summed E-state index contributed by atoms with van der Waals surface area (Å²) in [6.07, 6.45) is 5.80. The maximum absolute atomic E-state index is 5.65. The fraction of sp³-hybridized carbons (Fsp3) is 0.217. The smallest absolute Gasteiger partial charge is 0.143 e. The SMILES string of the molecule is CCCc1[nH]c(-c2ccc(-n3cnc(C)c3)c(OC)c2)nc1-c1ccccc1. The van der Waals surface area contributed by atoms with Gasteiger partial charge in [0.05, 0.1) is 30.5 Å². The normalized spacial score (nSPS) is 11.0. The largest absolute Gasteiger partial charge is 0.495 e. The van der Waals surface area contributed by atoms with Crippen molar-refractivity contribution < 1.29 is 4.74 Å². The highest BCUT2D eigenvalue weighted by Crippen LogP contribution is 2.31. The number of benzene rings is 2. The van der Waals surface area contributed by atoms with Crippen LogP contribution in [0.5, 0.6) is 5.75 Å². The van der Waals surface area contributed by atoms with Gasteiger partial charge in [-0.15, -0.1) is 0 Å². The number of methoxy groups -OCH3 is 1. The van der Waals surface area contributed by atoms with Crippen LogP contribution in [0.1, 0.15) is 24.7 Å². The van der Waals surface area contributed by atoms with Gasteiger partial charge in [0, 0.05) is 23.0 Å². The van der Waals surface area contributed by atoms with E-state index in [-0.39, 0.29) is 0 Å². The van der Waals surface area contributed by atoms with Gasteiger partial charge in [0.2, 0.25) is 0 Å². The molecule has 4 rings (SSSR count). The fourth-order valence-corrected chi connectivity index (χ4v) is 3.40. The minimum absolute atomic E-state index is 0.782.